The molecule has 3 aromatic heterocycles. The van der Waals surface area contributed by atoms with E-state index in [9.17, 15) is 18.0 Å². The van der Waals surface area contributed by atoms with Crippen molar-refractivity contribution in [1.82, 2.24) is 24.5 Å². The molecule has 5 rings (SSSR count). The van der Waals surface area contributed by atoms with Gasteiger partial charge in [0.25, 0.3) is 0 Å². The summed E-state index contributed by atoms with van der Waals surface area (Å²) in [6.45, 7) is 2.04. The van der Waals surface area contributed by atoms with Crippen molar-refractivity contribution >= 4 is 22.8 Å². The third kappa shape index (κ3) is 4.46. The fraction of sp³-hybridized carbons (Fsp3) is 0.304. The van der Waals surface area contributed by atoms with Crippen LogP contribution in [-0.4, -0.2) is 30.5 Å². The molecule has 1 aliphatic carbocycles. The molecule has 0 spiro atoms. The first kappa shape index (κ1) is 21.2. The number of aromatic nitrogens is 5. The number of hydrogen-bond donors (Lipinski definition) is 1. The molecule has 1 N–H and O–H groups in total. The molecule has 1 amide bonds. The Morgan fingerprint density at radius 2 is 2.00 bits per heavy atom. The molecule has 7 nitrogen and oxygen atoms in total. The van der Waals surface area contributed by atoms with Gasteiger partial charge >= 0.3 is 6.18 Å². The molecule has 1 aliphatic rings. The molecule has 0 unspecified atom stereocenters. The highest BCUT2D eigenvalue weighted by molar-refractivity contribution is 5.91. The molecule has 0 atom stereocenters. The molecule has 0 aliphatic heterocycles. The van der Waals surface area contributed by atoms with Crippen LogP contribution in [0.4, 0.5) is 19.0 Å². The van der Waals surface area contributed by atoms with E-state index in [1.807, 2.05) is 13.0 Å². The number of benzene rings is 1. The highest BCUT2D eigenvalue weighted by Gasteiger charge is 2.30. The molecule has 1 saturated carbocycles. The van der Waals surface area contributed by atoms with E-state index in [0.717, 1.165) is 36.1 Å². The number of carbonyl (C=O) groups excluding carboxylic acids is 1. The minimum atomic E-state index is -4.40. The third-order valence-electron chi connectivity index (χ3n) is 5.66. The monoisotopic (exact) mass is 454 g/mol. The summed E-state index contributed by atoms with van der Waals surface area (Å²) in [7, 11) is 0. The van der Waals surface area contributed by atoms with Crippen LogP contribution in [0.25, 0.3) is 11.0 Å². The lowest BCUT2D eigenvalue weighted by Crippen LogP contribution is -2.20. The first-order valence-electron chi connectivity index (χ1n) is 10.6. The molecule has 10 heteroatoms. The maximum absolute atomic E-state index is 12.9. The van der Waals surface area contributed by atoms with Gasteiger partial charge in [0.15, 0.2) is 11.5 Å². The van der Waals surface area contributed by atoms with Gasteiger partial charge in [0, 0.05) is 23.8 Å². The topological polar surface area (TPSA) is 77.6 Å². The van der Waals surface area contributed by atoms with E-state index in [1.54, 1.807) is 29.2 Å². The second-order valence-electron chi connectivity index (χ2n) is 8.26. The summed E-state index contributed by atoms with van der Waals surface area (Å²) in [5.41, 5.74) is 2.51. The summed E-state index contributed by atoms with van der Waals surface area (Å²) in [5, 5.41) is 12.5. The number of aryl methyl sites for hydroxylation is 1. The minimum Gasteiger partial charge on any atom is -0.308 e. The average molecular weight is 454 g/mol. The Kier molecular flexibility index (Phi) is 5.15. The fourth-order valence-corrected chi connectivity index (χ4v) is 4.02. The van der Waals surface area contributed by atoms with Gasteiger partial charge in [-0.1, -0.05) is 12.1 Å². The van der Waals surface area contributed by atoms with Crippen molar-refractivity contribution in [2.24, 2.45) is 0 Å². The number of anilines is 1. The number of fused-ring (bicyclic) bond motifs is 1. The Labute approximate surface area is 187 Å². The number of halogens is 3. The van der Waals surface area contributed by atoms with Crippen LogP contribution in [0.15, 0.2) is 48.8 Å². The Balaban J connectivity index is 1.27. The maximum Gasteiger partial charge on any atom is 0.416 e. The molecule has 1 fully saturated rings. The Morgan fingerprint density at radius 1 is 1.18 bits per heavy atom. The van der Waals surface area contributed by atoms with E-state index in [0.29, 0.717) is 22.9 Å². The maximum atomic E-state index is 12.9. The van der Waals surface area contributed by atoms with Crippen molar-refractivity contribution in [3.63, 3.8) is 0 Å². The van der Waals surface area contributed by atoms with Crippen LogP contribution in [0.1, 0.15) is 41.1 Å². The second kappa shape index (κ2) is 8.02. The molecule has 4 aromatic rings. The molecule has 170 valence electrons. The predicted molar refractivity (Wildman–Crippen MR) is 116 cm³/mol. The number of pyridine rings is 1. The van der Waals surface area contributed by atoms with Crippen molar-refractivity contribution in [2.75, 3.05) is 5.32 Å². The van der Waals surface area contributed by atoms with E-state index in [1.165, 1.54) is 16.3 Å². The number of hydrogen-bond acceptors (Lipinski definition) is 4. The third-order valence-corrected chi connectivity index (χ3v) is 5.66. The van der Waals surface area contributed by atoms with Crippen molar-refractivity contribution in [1.29, 1.82) is 0 Å². The first-order valence-corrected chi connectivity index (χ1v) is 10.6. The first-order chi connectivity index (χ1) is 15.8. The lowest BCUT2D eigenvalue weighted by molar-refractivity contribution is -0.137. The van der Waals surface area contributed by atoms with Gasteiger partial charge < -0.3 is 5.32 Å². The number of carbonyl (C=O) groups is 1. The Bertz CT molecular complexity index is 1340. The van der Waals surface area contributed by atoms with Gasteiger partial charge in [-0.05, 0) is 55.0 Å². The fourth-order valence-electron chi connectivity index (χ4n) is 4.02. The number of nitrogens with one attached hydrogen (secondary N) is 1. The summed E-state index contributed by atoms with van der Waals surface area (Å²) in [6.07, 6.45) is 1.27. The van der Waals surface area contributed by atoms with Crippen LogP contribution >= 0.6 is 0 Å². The predicted octanol–water partition coefficient (Wildman–Crippen LogP) is 4.52. The zero-order chi connectivity index (χ0) is 23.2. The van der Waals surface area contributed by atoms with Crippen molar-refractivity contribution in [3.05, 3.63) is 71.2 Å². The minimum absolute atomic E-state index is 0.0219. The van der Waals surface area contributed by atoms with Crippen LogP contribution in [0.5, 0.6) is 0 Å². The highest BCUT2D eigenvalue weighted by atomic mass is 19.4. The lowest BCUT2D eigenvalue weighted by Gasteiger charge is -2.09. The van der Waals surface area contributed by atoms with Crippen LogP contribution < -0.4 is 5.32 Å². The normalized spacial score (nSPS) is 14.1. The van der Waals surface area contributed by atoms with E-state index in [-0.39, 0.29) is 19.0 Å². The van der Waals surface area contributed by atoms with Gasteiger partial charge in [-0.25, -0.2) is 9.67 Å². The SMILES string of the molecule is Cc1nn(CC(=O)Nc2ccn(Cc3cccc(C(F)(F)F)c3)n2)c2nccc(C3CC3)c12. The van der Waals surface area contributed by atoms with Gasteiger partial charge in [0.1, 0.15) is 6.54 Å². The zero-order valence-corrected chi connectivity index (χ0v) is 17.8. The summed E-state index contributed by atoms with van der Waals surface area (Å²) in [5.74, 6) is 0.538. The van der Waals surface area contributed by atoms with Crippen LogP contribution in [0.2, 0.25) is 0 Å². The smallest absolute Gasteiger partial charge is 0.308 e. The number of rotatable bonds is 6. The average Bonchev–Trinajstić information content (AvgIpc) is 3.45. The Morgan fingerprint density at radius 3 is 2.76 bits per heavy atom. The molecular formula is C23H21F3N6O. The van der Waals surface area contributed by atoms with Crippen LogP contribution in [0.3, 0.4) is 0 Å². The van der Waals surface area contributed by atoms with Gasteiger partial charge in [0.2, 0.25) is 5.91 Å². The molecule has 0 radical (unpaired) electrons. The van der Waals surface area contributed by atoms with Gasteiger partial charge in [-0.3, -0.25) is 9.48 Å². The number of alkyl halides is 3. The van der Waals surface area contributed by atoms with E-state index >= 15 is 0 Å². The summed E-state index contributed by atoms with van der Waals surface area (Å²) >= 11 is 0. The zero-order valence-electron chi connectivity index (χ0n) is 17.8. The number of nitrogens with zero attached hydrogens (tertiary/aromatic N) is 5. The van der Waals surface area contributed by atoms with Crippen LogP contribution in [-0.2, 0) is 24.1 Å². The van der Waals surface area contributed by atoms with Gasteiger partial charge in [-0.2, -0.15) is 23.4 Å². The van der Waals surface area contributed by atoms with Gasteiger partial charge in [-0.15, -0.1) is 0 Å². The summed E-state index contributed by atoms with van der Waals surface area (Å²) < 4.78 is 41.8. The number of amides is 1. The second-order valence-corrected chi connectivity index (χ2v) is 8.26. The summed E-state index contributed by atoms with van der Waals surface area (Å²) in [4.78, 5) is 17.0. The van der Waals surface area contributed by atoms with Crippen molar-refractivity contribution in [2.45, 2.75) is 44.9 Å². The van der Waals surface area contributed by atoms with Crippen molar-refractivity contribution < 1.29 is 18.0 Å². The molecule has 1 aromatic carbocycles. The largest absolute Gasteiger partial charge is 0.416 e. The van der Waals surface area contributed by atoms with E-state index < -0.39 is 11.7 Å². The lowest BCUT2D eigenvalue weighted by atomic mass is 10.1. The molecule has 0 saturated heterocycles. The molecular weight excluding hydrogens is 433 g/mol. The van der Waals surface area contributed by atoms with E-state index in [4.69, 9.17) is 0 Å². The molecule has 0 bridgehead atoms. The van der Waals surface area contributed by atoms with Crippen LogP contribution in [0, 0.1) is 6.92 Å². The molecule has 3 heterocycles. The van der Waals surface area contributed by atoms with E-state index in [2.05, 4.69) is 20.5 Å². The van der Waals surface area contributed by atoms with Crippen molar-refractivity contribution in [3.8, 4) is 0 Å². The van der Waals surface area contributed by atoms with Gasteiger partial charge in [0.05, 0.1) is 17.8 Å². The summed E-state index contributed by atoms with van der Waals surface area (Å²) in [6, 6.07) is 8.71. The Hall–Kier alpha value is -3.69. The standard InChI is InChI=1S/C23H21F3N6O/c1-14-21-18(16-5-6-16)7-9-27-22(21)32(29-14)13-20(33)28-19-8-10-31(30-19)12-15-3-2-4-17(11-15)23(24,25)26/h2-4,7-11,16H,5-6,12-13H2,1H3,(H,28,30,33). The quantitative estimate of drug-likeness (QED) is 0.465. The highest BCUT2D eigenvalue weighted by Crippen LogP contribution is 2.43. The molecule has 33 heavy (non-hydrogen) atoms.